The number of amides is 2. The van der Waals surface area contributed by atoms with Crippen molar-refractivity contribution in [2.24, 2.45) is 0 Å². The van der Waals surface area contributed by atoms with Crippen LogP contribution in [0.15, 0.2) is 97.1 Å². The second-order valence-electron chi connectivity index (χ2n) is 11.1. The number of halogens is 6. The van der Waals surface area contributed by atoms with Gasteiger partial charge in [0.2, 0.25) is 5.91 Å². The normalized spacial score (nSPS) is 16.0. The van der Waals surface area contributed by atoms with Gasteiger partial charge in [-0.2, -0.15) is 26.3 Å². The van der Waals surface area contributed by atoms with Crippen molar-refractivity contribution in [1.82, 2.24) is 4.90 Å². The number of alkyl halides is 6. The van der Waals surface area contributed by atoms with E-state index in [1.54, 1.807) is 25.1 Å². The van der Waals surface area contributed by atoms with Crippen LogP contribution in [-0.4, -0.2) is 29.5 Å². The predicted molar refractivity (Wildman–Crippen MR) is 155 cm³/mol. The van der Waals surface area contributed by atoms with E-state index in [4.69, 9.17) is 4.74 Å². The molecule has 1 aliphatic rings. The highest BCUT2D eigenvalue weighted by molar-refractivity contribution is 5.97. The van der Waals surface area contributed by atoms with Crippen LogP contribution in [0, 0.1) is 0 Å². The molecule has 1 fully saturated rings. The summed E-state index contributed by atoms with van der Waals surface area (Å²) in [5.74, 6) is -1.53. The number of rotatable bonds is 8. The molecule has 1 aliphatic heterocycles. The number of hydrogen-bond acceptors (Lipinski definition) is 3. The molecule has 234 valence electrons. The van der Waals surface area contributed by atoms with Crippen LogP contribution < -0.4 is 0 Å². The number of benzene rings is 4. The molecule has 5 rings (SSSR count). The van der Waals surface area contributed by atoms with Gasteiger partial charge < -0.3 is 4.74 Å². The van der Waals surface area contributed by atoms with Crippen molar-refractivity contribution in [2.75, 3.05) is 6.61 Å². The Morgan fingerprint density at radius 1 is 0.756 bits per heavy atom. The first-order chi connectivity index (χ1) is 21.3. The summed E-state index contributed by atoms with van der Waals surface area (Å²) in [6, 6.07) is 23.5. The molecule has 0 aliphatic carbocycles. The quantitative estimate of drug-likeness (QED) is 0.184. The summed E-state index contributed by atoms with van der Waals surface area (Å²) in [5.41, 5.74) is 0.324. The minimum atomic E-state index is -4.62. The predicted octanol–water partition coefficient (Wildman–Crippen LogP) is 8.60. The first-order valence-corrected chi connectivity index (χ1v) is 14.3. The Morgan fingerprint density at radius 2 is 1.24 bits per heavy atom. The fourth-order valence-corrected chi connectivity index (χ4v) is 5.71. The zero-order chi connectivity index (χ0) is 32.4. The molecule has 2 atom stereocenters. The van der Waals surface area contributed by atoms with E-state index in [1.807, 2.05) is 30.3 Å². The van der Waals surface area contributed by atoms with E-state index in [0.29, 0.717) is 23.1 Å². The van der Waals surface area contributed by atoms with E-state index < -0.39 is 47.4 Å². The highest BCUT2D eigenvalue weighted by Gasteiger charge is 2.40. The van der Waals surface area contributed by atoms with E-state index >= 15 is 0 Å². The van der Waals surface area contributed by atoms with Crippen LogP contribution in [0.3, 0.4) is 0 Å². The topological polar surface area (TPSA) is 46.6 Å². The van der Waals surface area contributed by atoms with Gasteiger partial charge in [-0.3, -0.25) is 4.79 Å². The van der Waals surface area contributed by atoms with Crippen molar-refractivity contribution < 1.29 is 40.7 Å². The summed E-state index contributed by atoms with van der Waals surface area (Å²) in [6.45, 7) is 1.56. The van der Waals surface area contributed by atoms with Gasteiger partial charge in [-0.25, -0.2) is 9.69 Å². The summed E-state index contributed by atoms with van der Waals surface area (Å²) in [7, 11) is 0. The zero-order valence-corrected chi connectivity index (χ0v) is 24.2. The molecule has 4 nitrogen and oxygen atoms in total. The SMILES string of the molecule is C[C@H](C(=O)N1C(=O)OC[C@@H]1Cc1ccccc1)c1cc(Cc2ccccc2C(F)(F)F)cc(Cc2ccccc2C(F)(F)F)c1. The van der Waals surface area contributed by atoms with Gasteiger partial charge in [0.15, 0.2) is 0 Å². The van der Waals surface area contributed by atoms with Gasteiger partial charge in [-0.1, -0.05) is 84.9 Å². The van der Waals surface area contributed by atoms with Crippen molar-refractivity contribution in [3.8, 4) is 0 Å². The lowest BCUT2D eigenvalue weighted by atomic mass is 9.89. The van der Waals surface area contributed by atoms with Crippen LogP contribution in [0.5, 0.6) is 0 Å². The van der Waals surface area contributed by atoms with Gasteiger partial charge in [-0.15, -0.1) is 0 Å². The molecule has 1 heterocycles. The number of ether oxygens (including phenoxy) is 1. The molecule has 4 aromatic carbocycles. The van der Waals surface area contributed by atoms with Crippen molar-refractivity contribution in [3.63, 3.8) is 0 Å². The number of carbonyl (C=O) groups excluding carboxylic acids is 2. The second-order valence-corrected chi connectivity index (χ2v) is 11.1. The van der Waals surface area contributed by atoms with Gasteiger partial charge >= 0.3 is 18.4 Å². The van der Waals surface area contributed by atoms with Crippen LogP contribution in [-0.2, 0) is 41.1 Å². The molecule has 0 radical (unpaired) electrons. The van der Waals surface area contributed by atoms with Gasteiger partial charge in [0, 0.05) is 0 Å². The monoisotopic (exact) mass is 625 g/mol. The van der Waals surface area contributed by atoms with Crippen LogP contribution >= 0.6 is 0 Å². The molecular weight excluding hydrogens is 596 g/mol. The van der Waals surface area contributed by atoms with E-state index in [2.05, 4.69) is 0 Å². The molecule has 4 aromatic rings. The average molecular weight is 626 g/mol. The molecule has 45 heavy (non-hydrogen) atoms. The molecule has 2 amide bonds. The Hall–Kier alpha value is -4.60. The molecule has 0 spiro atoms. The fourth-order valence-electron chi connectivity index (χ4n) is 5.71. The zero-order valence-electron chi connectivity index (χ0n) is 24.2. The number of carbonyl (C=O) groups is 2. The number of imide groups is 1. The largest absolute Gasteiger partial charge is 0.447 e. The van der Waals surface area contributed by atoms with Crippen molar-refractivity contribution >= 4 is 12.0 Å². The van der Waals surface area contributed by atoms with Crippen LogP contribution in [0.25, 0.3) is 0 Å². The third kappa shape index (κ3) is 7.38. The number of hydrogen-bond donors (Lipinski definition) is 0. The van der Waals surface area contributed by atoms with Crippen LogP contribution in [0.2, 0.25) is 0 Å². The lowest BCUT2D eigenvalue weighted by Crippen LogP contribution is -2.42. The summed E-state index contributed by atoms with van der Waals surface area (Å²) >= 11 is 0. The van der Waals surface area contributed by atoms with Gasteiger partial charge in [-0.05, 0) is 71.7 Å². The van der Waals surface area contributed by atoms with E-state index in [1.165, 1.54) is 36.4 Å². The molecule has 0 saturated carbocycles. The lowest BCUT2D eigenvalue weighted by Gasteiger charge is -2.24. The highest BCUT2D eigenvalue weighted by atomic mass is 19.4. The Labute approximate surface area is 256 Å². The van der Waals surface area contributed by atoms with Crippen LogP contribution in [0.1, 0.15) is 57.3 Å². The van der Waals surface area contributed by atoms with Crippen LogP contribution in [0.4, 0.5) is 31.1 Å². The minimum Gasteiger partial charge on any atom is -0.447 e. The third-order valence-corrected chi connectivity index (χ3v) is 7.89. The summed E-state index contributed by atoms with van der Waals surface area (Å²) in [5, 5.41) is 0. The lowest BCUT2D eigenvalue weighted by molar-refractivity contribution is -0.139. The Balaban J connectivity index is 1.52. The van der Waals surface area contributed by atoms with Gasteiger partial charge in [0.25, 0.3) is 0 Å². The van der Waals surface area contributed by atoms with E-state index in [0.717, 1.165) is 22.6 Å². The summed E-state index contributed by atoms with van der Waals surface area (Å²) in [6.07, 6.45) is -10.0. The molecule has 0 unspecified atom stereocenters. The second kappa shape index (κ2) is 12.8. The Morgan fingerprint density at radius 3 is 1.76 bits per heavy atom. The first kappa shape index (κ1) is 31.8. The third-order valence-electron chi connectivity index (χ3n) is 7.89. The molecule has 0 aromatic heterocycles. The Bertz CT molecular complexity index is 1610. The number of cyclic esters (lactones) is 1. The maximum Gasteiger partial charge on any atom is 0.417 e. The standard InChI is InChI=1S/C35H29F6NO3/c1-22(32(43)42-29(21-45-33(42)44)20-23-9-3-2-4-10-23)28-18-24(16-26-11-5-7-13-30(26)34(36,37)38)15-25(19-28)17-27-12-6-8-14-31(27)35(39,40)41/h2-15,18-19,22,29H,16-17,20-21H2,1H3/t22-,29-/m0/s1. The summed E-state index contributed by atoms with van der Waals surface area (Å²) < 4.78 is 87.9. The van der Waals surface area contributed by atoms with Gasteiger partial charge in [0.05, 0.1) is 23.1 Å². The molecule has 10 heteroatoms. The summed E-state index contributed by atoms with van der Waals surface area (Å²) in [4.78, 5) is 27.6. The smallest absolute Gasteiger partial charge is 0.417 e. The molecular formula is C35H29F6NO3. The van der Waals surface area contributed by atoms with E-state index in [-0.39, 0.29) is 30.6 Å². The number of nitrogens with zero attached hydrogens (tertiary/aromatic N) is 1. The average Bonchev–Trinajstić information content (AvgIpc) is 3.35. The highest BCUT2D eigenvalue weighted by Crippen LogP contribution is 2.36. The molecule has 0 N–H and O–H groups in total. The first-order valence-electron chi connectivity index (χ1n) is 14.3. The van der Waals surface area contributed by atoms with Crippen molar-refractivity contribution in [1.29, 1.82) is 0 Å². The van der Waals surface area contributed by atoms with Crippen molar-refractivity contribution in [2.45, 2.75) is 50.5 Å². The Kier molecular flexibility index (Phi) is 9.04. The maximum atomic E-state index is 13.8. The minimum absolute atomic E-state index is 0.0000695. The van der Waals surface area contributed by atoms with E-state index in [9.17, 15) is 35.9 Å². The van der Waals surface area contributed by atoms with Gasteiger partial charge in [0.1, 0.15) is 6.61 Å². The maximum absolute atomic E-state index is 13.8. The molecule has 0 bridgehead atoms. The van der Waals surface area contributed by atoms with Crippen molar-refractivity contribution in [3.05, 3.63) is 142 Å². The molecule has 1 saturated heterocycles. The fraction of sp³-hybridized carbons (Fsp3) is 0.257.